The molecule has 0 amide bonds. The first-order chi connectivity index (χ1) is 9.43. The van der Waals surface area contributed by atoms with Gasteiger partial charge in [0.15, 0.2) is 0 Å². The third kappa shape index (κ3) is 3.00. The fourth-order valence-electron chi connectivity index (χ4n) is 2.21. The maximum atomic E-state index is 4.30. The van der Waals surface area contributed by atoms with Gasteiger partial charge in [-0.2, -0.15) is 11.3 Å². The van der Waals surface area contributed by atoms with Crippen LogP contribution in [0.5, 0.6) is 0 Å². The molecule has 3 heteroatoms. The lowest BCUT2D eigenvalue weighted by atomic mass is 10.1. The topological polar surface area (TPSA) is 24.9 Å². The Morgan fingerprint density at radius 2 is 2.05 bits per heavy atom. The first kappa shape index (κ1) is 12.3. The molecule has 2 heterocycles. The Kier molecular flexibility index (Phi) is 3.86. The highest BCUT2D eigenvalue weighted by Crippen LogP contribution is 2.16. The molecular formula is C16H16N2S. The molecule has 3 aromatic rings. The van der Waals surface area contributed by atoms with Gasteiger partial charge >= 0.3 is 0 Å². The van der Waals surface area contributed by atoms with E-state index in [1.165, 1.54) is 21.9 Å². The lowest BCUT2D eigenvalue weighted by Crippen LogP contribution is -2.16. The zero-order valence-corrected chi connectivity index (χ0v) is 11.5. The SMILES string of the molecule is c1ccc2c(CNCCc3ccsc3)cncc2c1. The van der Waals surface area contributed by atoms with Crippen LogP contribution in [0.1, 0.15) is 11.1 Å². The molecule has 2 nitrogen and oxygen atoms in total. The molecule has 0 bridgehead atoms. The number of hydrogen-bond acceptors (Lipinski definition) is 3. The fourth-order valence-corrected chi connectivity index (χ4v) is 2.91. The Bertz CT molecular complexity index is 641. The maximum Gasteiger partial charge on any atom is 0.0346 e. The molecule has 0 saturated carbocycles. The van der Waals surface area contributed by atoms with Gasteiger partial charge in [-0.3, -0.25) is 4.98 Å². The molecule has 19 heavy (non-hydrogen) atoms. The van der Waals surface area contributed by atoms with Gasteiger partial charge in [0.25, 0.3) is 0 Å². The van der Waals surface area contributed by atoms with E-state index in [2.05, 4.69) is 51.4 Å². The van der Waals surface area contributed by atoms with Crippen LogP contribution in [-0.4, -0.2) is 11.5 Å². The first-order valence-electron chi connectivity index (χ1n) is 6.47. The summed E-state index contributed by atoms with van der Waals surface area (Å²) in [6.07, 6.45) is 4.96. The average molecular weight is 268 g/mol. The average Bonchev–Trinajstić information content (AvgIpc) is 2.97. The number of pyridine rings is 1. The van der Waals surface area contributed by atoms with Crippen LogP contribution in [0.25, 0.3) is 10.8 Å². The summed E-state index contributed by atoms with van der Waals surface area (Å²) in [6.45, 7) is 1.87. The van der Waals surface area contributed by atoms with Crippen LogP contribution in [-0.2, 0) is 13.0 Å². The Balaban J connectivity index is 1.62. The van der Waals surface area contributed by atoms with Gasteiger partial charge in [-0.05, 0) is 46.3 Å². The Labute approximate surface area is 117 Å². The quantitative estimate of drug-likeness (QED) is 0.715. The third-order valence-electron chi connectivity index (χ3n) is 3.24. The van der Waals surface area contributed by atoms with Crippen LogP contribution in [0.15, 0.2) is 53.5 Å². The third-order valence-corrected chi connectivity index (χ3v) is 3.97. The number of thiophene rings is 1. The lowest BCUT2D eigenvalue weighted by molar-refractivity contribution is 0.689. The minimum Gasteiger partial charge on any atom is -0.312 e. The second kappa shape index (κ2) is 5.95. The van der Waals surface area contributed by atoms with E-state index >= 15 is 0 Å². The Morgan fingerprint density at radius 1 is 1.11 bits per heavy atom. The molecule has 0 aliphatic heterocycles. The van der Waals surface area contributed by atoms with Gasteiger partial charge in [-0.15, -0.1) is 0 Å². The van der Waals surface area contributed by atoms with Crippen molar-refractivity contribution in [1.29, 1.82) is 0 Å². The van der Waals surface area contributed by atoms with Crippen molar-refractivity contribution in [3.8, 4) is 0 Å². The number of rotatable bonds is 5. The summed E-state index contributed by atoms with van der Waals surface area (Å²) < 4.78 is 0. The summed E-state index contributed by atoms with van der Waals surface area (Å²) >= 11 is 1.76. The molecule has 0 radical (unpaired) electrons. The number of benzene rings is 1. The van der Waals surface area contributed by atoms with Crippen LogP contribution in [0.2, 0.25) is 0 Å². The van der Waals surface area contributed by atoms with E-state index in [0.29, 0.717) is 0 Å². The van der Waals surface area contributed by atoms with Gasteiger partial charge in [0.05, 0.1) is 0 Å². The predicted molar refractivity (Wildman–Crippen MR) is 81.5 cm³/mol. The molecule has 3 rings (SSSR count). The van der Waals surface area contributed by atoms with E-state index in [-0.39, 0.29) is 0 Å². The van der Waals surface area contributed by atoms with Crippen molar-refractivity contribution in [3.05, 3.63) is 64.6 Å². The highest BCUT2D eigenvalue weighted by molar-refractivity contribution is 7.07. The number of hydrogen-bond donors (Lipinski definition) is 1. The van der Waals surface area contributed by atoms with Gasteiger partial charge in [-0.1, -0.05) is 24.3 Å². The summed E-state index contributed by atoms with van der Waals surface area (Å²) in [5.41, 5.74) is 2.68. The highest BCUT2D eigenvalue weighted by Gasteiger charge is 2.00. The molecule has 0 aliphatic rings. The standard InChI is InChI=1S/C16H16N2S/c1-2-4-16-14(3-1)9-18-11-15(16)10-17-7-5-13-6-8-19-12-13/h1-4,6,8-9,11-12,17H,5,7,10H2. The molecule has 0 spiro atoms. The van der Waals surface area contributed by atoms with Gasteiger partial charge in [0.2, 0.25) is 0 Å². The van der Waals surface area contributed by atoms with Crippen molar-refractivity contribution >= 4 is 22.1 Å². The number of nitrogens with one attached hydrogen (secondary N) is 1. The van der Waals surface area contributed by atoms with Gasteiger partial charge < -0.3 is 5.32 Å². The molecular weight excluding hydrogens is 252 g/mol. The van der Waals surface area contributed by atoms with E-state index < -0.39 is 0 Å². The second-order valence-corrected chi connectivity index (χ2v) is 5.36. The summed E-state index contributed by atoms with van der Waals surface area (Å²) in [6, 6.07) is 10.6. The van der Waals surface area contributed by atoms with Crippen LogP contribution < -0.4 is 5.32 Å². The Morgan fingerprint density at radius 3 is 2.95 bits per heavy atom. The minimum absolute atomic E-state index is 0.874. The molecule has 2 aromatic heterocycles. The van der Waals surface area contributed by atoms with Gasteiger partial charge in [0.1, 0.15) is 0 Å². The van der Waals surface area contributed by atoms with Gasteiger partial charge in [-0.25, -0.2) is 0 Å². The van der Waals surface area contributed by atoms with Crippen molar-refractivity contribution in [2.45, 2.75) is 13.0 Å². The fraction of sp³-hybridized carbons (Fsp3) is 0.188. The molecule has 0 atom stereocenters. The molecule has 96 valence electrons. The highest BCUT2D eigenvalue weighted by atomic mass is 32.1. The van der Waals surface area contributed by atoms with Crippen molar-refractivity contribution in [2.24, 2.45) is 0 Å². The lowest BCUT2D eigenvalue weighted by Gasteiger charge is -2.07. The van der Waals surface area contributed by atoms with Crippen molar-refractivity contribution in [2.75, 3.05) is 6.54 Å². The minimum atomic E-state index is 0.874. The van der Waals surface area contributed by atoms with E-state index in [1.807, 2.05) is 12.4 Å². The van der Waals surface area contributed by atoms with Crippen LogP contribution >= 0.6 is 11.3 Å². The van der Waals surface area contributed by atoms with E-state index in [1.54, 1.807) is 11.3 Å². The zero-order valence-electron chi connectivity index (χ0n) is 10.7. The van der Waals surface area contributed by atoms with Crippen LogP contribution in [0.3, 0.4) is 0 Å². The van der Waals surface area contributed by atoms with Gasteiger partial charge in [0, 0.05) is 24.3 Å². The zero-order chi connectivity index (χ0) is 12.9. The monoisotopic (exact) mass is 268 g/mol. The van der Waals surface area contributed by atoms with Crippen LogP contribution in [0, 0.1) is 0 Å². The summed E-state index contributed by atoms with van der Waals surface area (Å²) in [7, 11) is 0. The summed E-state index contributed by atoms with van der Waals surface area (Å²) in [5.74, 6) is 0. The Hall–Kier alpha value is -1.71. The predicted octanol–water partition coefficient (Wildman–Crippen LogP) is 3.63. The number of nitrogens with zero attached hydrogens (tertiary/aromatic N) is 1. The van der Waals surface area contributed by atoms with Crippen molar-refractivity contribution in [1.82, 2.24) is 10.3 Å². The number of fused-ring (bicyclic) bond motifs is 1. The molecule has 1 N–H and O–H groups in total. The second-order valence-electron chi connectivity index (χ2n) is 4.58. The maximum absolute atomic E-state index is 4.30. The molecule has 0 fully saturated rings. The summed E-state index contributed by atoms with van der Waals surface area (Å²) in [4.78, 5) is 4.30. The molecule has 0 aliphatic carbocycles. The largest absolute Gasteiger partial charge is 0.312 e. The van der Waals surface area contributed by atoms with E-state index in [0.717, 1.165) is 19.5 Å². The molecule has 0 saturated heterocycles. The van der Waals surface area contributed by atoms with E-state index in [9.17, 15) is 0 Å². The van der Waals surface area contributed by atoms with Crippen LogP contribution in [0.4, 0.5) is 0 Å². The van der Waals surface area contributed by atoms with E-state index in [4.69, 9.17) is 0 Å². The molecule has 0 unspecified atom stereocenters. The van der Waals surface area contributed by atoms with Crippen molar-refractivity contribution < 1.29 is 0 Å². The van der Waals surface area contributed by atoms with Crippen molar-refractivity contribution in [3.63, 3.8) is 0 Å². The smallest absolute Gasteiger partial charge is 0.0346 e. The molecule has 1 aromatic carbocycles. The normalized spacial score (nSPS) is 10.9. The summed E-state index contributed by atoms with van der Waals surface area (Å²) in [5, 5.41) is 10.3. The first-order valence-corrected chi connectivity index (χ1v) is 7.41. The number of aromatic nitrogens is 1.